The van der Waals surface area contributed by atoms with Crippen molar-refractivity contribution in [1.82, 2.24) is 0 Å². The fourth-order valence-electron chi connectivity index (χ4n) is 0. The molecule has 1 radical (unpaired) electrons. The largest absolute Gasteiger partial charge is 2.00 e. The Hall–Kier alpha value is 2.93. The summed E-state index contributed by atoms with van der Waals surface area (Å²) >= 11 is 0.500. The van der Waals surface area contributed by atoms with E-state index in [0.717, 1.165) is 0 Å². The number of hydrogen-bond acceptors (Lipinski definition) is 1. The van der Waals surface area contributed by atoms with Crippen LogP contribution >= 0.6 is 0 Å². The standard InChI is InChI=1S/Be.Nb.O.Sr.Ta.4H/q+2;;;+2;;4*-1. The third kappa shape index (κ3) is 19.6. The van der Waals surface area contributed by atoms with Crippen LogP contribution in [0.1, 0.15) is 5.71 Å². The Morgan fingerprint density at radius 1 is 1.40 bits per heavy atom. The third-order valence-electron chi connectivity index (χ3n) is 0. The minimum atomic E-state index is 0. The van der Waals surface area contributed by atoms with Crippen LogP contribution in [0.15, 0.2) is 0 Å². The minimum Gasteiger partial charge on any atom is 0 e. The summed E-state index contributed by atoms with van der Waals surface area (Å²) in [4.78, 5) is 0. The first-order valence-corrected chi connectivity index (χ1v) is 1.08. The summed E-state index contributed by atoms with van der Waals surface area (Å²) in [6.07, 6.45) is 0. The molecule has 1 nitrogen and oxygen atoms in total. The van der Waals surface area contributed by atoms with E-state index in [1.165, 1.54) is 0 Å². The quantitative estimate of drug-likeness (QED) is 0.513. The SMILES string of the molecule is [Be+2].[H-].[H-].[H-].[H-].[O]=[Nb].[Sr+2].[Ta]. The molecule has 0 aromatic rings. The van der Waals surface area contributed by atoms with Crippen molar-refractivity contribution in [3.05, 3.63) is 0 Å². The molecule has 0 aliphatic heterocycles. The van der Waals surface area contributed by atoms with Crippen molar-refractivity contribution in [3.63, 3.8) is 0 Å². The summed E-state index contributed by atoms with van der Waals surface area (Å²) < 4.78 is 8.30. The molecule has 0 N–H and O–H groups in total. The first kappa shape index (κ1) is 24.7. The van der Waals surface area contributed by atoms with Gasteiger partial charge in [0.05, 0.1) is 0 Å². The van der Waals surface area contributed by atoms with Gasteiger partial charge in [-0.15, -0.1) is 0 Å². The maximum Gasteiger partial charge on any atom is 2.00 e. The zero-order valence-electron chi connectivity index (χ0n) is 6.72. The molecule has 0 amide bonds. The van der Waals surface area contributed by atoms with Crippen molar-refractivity contribution in [3.8, 4) is 0 Å². The van der Waals surface area contributed by atoms with Crippen LogP contribution in [0.25, 0.3) is 0 Å². The van der Waals surface area contributed by atoms with Crippen LogP contribution in [-0.4, -0.2) is 55.6 Å². The minimum absolute atomic E-state index is 0. The van der Waals surface area contributed by atoms with Gasteiger partial charge in [0.25, 0.3) is 0 Å². The van der Waals surface area contributed by atoms with Crippen molar-refractivity contribution >= 4 is 55.6 Å². The maximum atomic E-state index is 8.30. The van der Waals surface area contributed by atoms with Gasteiger partial charge in [-0.05, 0) is 0 Å². The van der Waals surface area contributed by atoms with Crippen LogP contribution in [0, 0.1) is 0 Å². The molecule has 0 fully saturated rings. The van der Waals surface area contributed by atoms with Gasteiger partial charge in [0.1, 0.15) is 0 Å². The zero-order valence-corrected chi connectivity index (χ0v) is 11.6. The fraction of sp³-hybridized carbons (Fsp3) is 0. The monoisotopic (exact) mass is 391 g/mol. The van der Waals surface area contributed by atoms with E-state index in [4.69, 9.17) is 3.25 Å². The molecule has 0 atom stereocenters. The Morgan fingerprint density at radius 2 is 1.40 bits per heavy atom. The molecule has 0 saturated heterocycles. The topological polar surface area (TPSA) is 17.1 Å². The Morgan fingerprint density at radius 3 is 1.40 bits per heavy atom. The van der Waals surface area contributed by atoms with Gasteiger partial charge in [-0.1, -0.05) is 0 Å². The van der Waals surface area contributed by atoms with Crippen molar-refractivity contribution < 1.29 is 52.4 Å². The Bertz CT molecular complexity index is 20.5. The second-order valence-electron chi connectivity index (χ2n) is 0. The first-order chi connectivity index (χ1) is 1.00. The second-order valence-corrected chi connectivity index (χ2v) is 0. The van der Waals surface area contributed by atoms with Crippen LogP contribution in [0.2, 0.25) is 0 Å². The summed E-state index contributed by atoms with van der Waals surface area (Å²) in [7, 11) is 0. The van der Waals surface area contributed by atoms with Crippen LogP contribution in [0.3, 0.4) is 0 Å². The van der Waals surface area contributed by atoms with Crippen LogP contribution < -0.4 is 0 Å². The fourth-order valence-corrected chi connectivity index (χ4v) is 0. The normalized spacial score (nSPS) is 0.600. The van der Waals surface area contributed by atoms with E-state index in [-0.39, 0.29) is 83.7 Å². The Labute approximate surface area is 106 Å². The van der Waals surface area contributed by atoms with Gasteiger partial charge in [0.15, 0.2) is 0 Å². The average molecular weight is 391 g/mol. The van der Waals surface area contributed by atoms with Crippen LogP contribution in [-0.2, 0) is 46.7 Å². The van der Waals surface area contributed by atoms with Crippen molar-refractivity contribution in [2.75, 3.05) is 0 Å². The molecule has 0 heterocycles. The summed E-state index contributed by atoms with van der Waals surface area (Å²) in [5.41, 5.74) is 0. The Balaban J connectivity index is -0.000000000238. The van der Waals surface area contributed by atoms with E-state index >= 15 is 0 Å². The summed E-state index contributed by atoms with van der Waals surface area (Å²) in [6.45, 7) is 0. The molecule has 5 heavy (non-hydrogen) atoms. The van der Waals surface area contributed by atoms with Crippen molar-refractivity contribution in [2.24, 2.45) is 0 Å². The molecule has 0 aliphatic carbocycles. The van der Waals surface area contributed by atoms with E-state index < -0.39 is 0 Å². The van der Waals surface area contributed by atoms with Crippen molar-refractivity contribution in [2.45, 2.75) is 0 Å². The van der Waals surface area contributed by atoms with Gasteiger partial charge >= 0.3 is 79.9 Å². The molecule has 0 spiro atoms. The molecule has 24 valence electrons. The number of hydrogen-bond donors (Lipinski definition) is 0. The molecule has 0 rings (SSSR count). The average Bonchev–Trinajstić information content (AvgIpc) is 1.00. The van der Waals surface area contributed by atoms with E-state index in [1.807, 2.05) is 0 Å². The van der Waals surface area contributed by atoms with Gasteiger partial charge in [0.2, 0.25) is 0 Å². The van der Waals surface area contributed by atoms with Gasteiger partial charge in [0, 0.05) is 22.4 Å². The van der Waals surface area contributed by atoms with E-state index in [0.29, 0.717) is 21.0 Å². The molecule has 0 saturated carbocycles. The first-order valence-electron chi connectivity index (χ1n) is 0.183. The van der Waals surface area contributed by atoms with Crippen molar-refractivity contribution in [1.29, 1.82) is 0 Å². The zero-order chi connectivity index (χ0) is 2.00. The Kier molecular flexibility index (Phi) is 140. The second kappa shape index (κ2) is 28.4. The molecule has 0 aromatic heterocycles. The van der Waals surface area contributed by atoms with E-state index in [1.54, 1.807) is 0 Å². The smallest absolute Gasteiger partial charge is 0 e. The van der Waals surface area contributed by atoms with E-state index in [9.17, 15) is 0 Å². The molecule has 5 heteroatoms. The van der Waals surface area contributed by atoms with Crippen LogP contribution in [0.5, 0.6) is 0 Å². The summed E-state index contributed by atoms with van der Waals surface area (Å²) in [5, 5.41) is 0. The molecule has 0 bridgehead atoms. The van der Waals surface area contributed by atoms with E-state index in [2.05, 4.69) is 0 Å². The van der Waals surface area contributed by atoms with Gasteiger partial charge in [-0.3, -0.25) is 0 Å². The van der Waals surface area contributed by atoms with Crippen LogP contribution in [0.4, 0.5) is 0 Å². The summed E-state index contributed by atoms with van der Waals surface area (Å²) in [6, 6.07) is 0. The predicted octanol–water partition coefficient (Wildman–Crippen LogP) is -0.435. The van der Waals surface area contributed by atoms with Gasteiger partial charge in [-0.25, -0.2) is 0 Å². The number of rotatable bonds is 0. The van der Waals surface area contributed by atoms with Gasteiger partial charge in [-0.2, -0.15) is 0 Å². The third-order valence-corrected chi connectivity index (χ3v) is 0. The molecule has 0 unspecified atom stereocenters. The molecular weight excluding hydrogens is 386 g/mol. The molecular formula is H4BeNbOSrTa. The molecule has 0 aliphatic rings. The molecule has 0 aromatic carbocycles. The summed E-state index contributed by atoms with van der Waals surface area (Å²) in [5.74, 6) is 0. The van der Waals surface area contributed by atoms with Gasteiger partial charge < -0.3 is 5.71 Å². The predicted molar refractivity (Wildman–Crippen MR) is 16.6 cm³/mol. The maximum absolute atomic E-state index is 8.30.